The van der Waals surface area contributed by atoms with Gasteiger partial charge in [-0.05, 0) is 35.2 Å². The van der Waals surface area contributed by atoms with Crippen molar-refractivity contribution in [3.8, 4) is 0 Å². The maximum atomic E-state index is 10.9. The van der Waals surface area contributed by atoms with Crippen LogP contribution in [0.15, 0.2) is 48.5 Å². The summed E-state index contributed by atoms with van der Waals surface area (Å²) in [5.74, 6) is -0.871. The van der Waals surface area contributed by atoms with Gasteiger partial charge in [-0.15, -0.1) is 0 Å². The van der Waals surface area contributed by atoms with E-state index in [1.165, 1.54) is 5.30 Å². The number of rotatable bonds is 3. The molecule has 0 amide bonds. The lowest BCUT2D eigenvalue weighted by Crippen LogP contribution is -2.09. The Morgan fingerprint density at radius 2 is 1.82 bits per heavy atom. The van der Waals surface area contributed by atoms with Gasteiger partial charge < -0.3 is 5.11 Å². The van der Waals surface area contributed by atoms with Crippen LogP contribution in [0.2, 0.25) is 0 Å². The highest BCUT2D eigenvalue weighted by Gasteiger charge is 2.06. The number of carboxylic acids is 1. The Hall–Kier alpha value is -1.66. The average Bonchev–Trinajstić information content (AvgIpc) is 2.33. The van der Waals surface area contributed by atoms with E-state index in [1.807, 2.05) is 31.2 Å². The number of aryl methyl sites for hydroxylation is 1. The van der Waals surface area contributed by atoms with Crippen molar-refractivity contribution >= 4 is 25.2 Å². The van der Waals surface area contributed by atoms with Crippen LogP contribution in [0, 0.1) is 6.92 Å². The molecule has 0 spiro atoms. The first kappa shape index (κ1) is 11.8. The van der Waals surface area contributed by atoms with Gasteiger partial charge in [0.1, 0.15) is 0 Å². The Bertz CT molecular complexity index is 535. The van der Waals surface area contributed by atoms with E-state index in [1.54, 1.807) is 12.1 Å². The zero-order chi connectivity index (χ0) is 12.3. The van der Waals surface area contributed by atoms with Gasteiger partial charge in [0.05, 0.1) is 5.56 Å². The second kappa shape index (κ2) is 5.11. The minimum absolute atomic E-state index is 0.356. The summed E-state index contributed by atoms with van der Waals surface area (Å²) in [7, 11) is 0.501. The molecule has 1 N–H and O–H groups in total. The zero-order valence-corrected chi connectivity index (χ0v) is 10.5. The molecule has 0 aromatic heterocycles. The van der Waals surface area contributed by atoms with Crippen LogP contribution >= 0.6 is 8.58 Å². The number of carboxylic acid groups (broad SMARTS) is 1. The summed E-state index contributed by atoms with van der Waals surface area (Å²) in [5, 5.41) is 11.3. The molecule has 2 aromatic rings. The topological polar surface area (TPSA) is 37.3 Å². The molecule has 0 fully saturated rings. The number of hydrogen-bond acceptors (Lipinski definition) is 1. The van der Waals surface area contributed by atoms with E-state index in [9.17, 15) is 4.79 Å². The van der Waals surface area contributed by atoms with Gasteiger partial charge in [0.15, 0.2) is 0 Å². The summed E-state index contributed by atoms with van der Waals surface area (Å²) < 4.78 is 0. The largest absolute Gasteiger partial charge is 0.478 e. The Kier molecular flexibility index (Phi) is 3.55. The van der Waals surface area contributed by atoms with Crippen LogP contribution in [-0.2, 0) is 0 Å². The maximum Gasteiger partial charge on any atom is 0.335 e. The molecule has 2 nitrogen and oxygen atoms in total. The summed E-state index contributed by atoms with van der Waals surface area (Å²) in [5.41, 5.74) is 1.49. The van der Waals surface area contributed by atoms with Crippen molar-refractivity contribution in [2.24, 2.45) is 0 Å². The molecule has 0 aliphatic carbocycles. The third-order valence-electron chi connectivity index (χ3n) is 2.54. The van der Waals surface area contributed by atoms with Gasteiger partial charge in [0.25, 0.3) is 0 Å². The molecule has 3 heteroatoms. The molecular weight excluding hydrogens is 231 g/mol. The van der Waals surface area contributed by atoms with Crippen molar-refractivity contribution in [1.29, 1.82) is 0 Å². The van der Waals surface area contributed by atoms with Crippen molar-refractivity contribution < 1.29 is 9.90 Å². The fourth-order valence-electron chi connectivity index (χ4n) is 1.57. The van der Waals surface area contributed by atoms with Gasteiger partial charge in [-0.3, -0.25) is 0 Å². The molecule has 0 radical (unpaired) electrons. The summed E-state index contributed by atoms with van der Waals surface area (Å²) in [6.45, 7) is 2.01. The fourth-order valence-corrected chi connectivity index (χ4v) is 2.74. The predicted molar refractivity (Wildman–Crippen MR) is 72.2 cm³/mol. The molecule has 17 heavy (non-hydrogen) atoms. The highest BCUT2D eigenvalue weighted by Crippen LogP contribution is 2.14. The van der Waals surface area contributed by atoms with Crippen LogP contribution in [0.25, 0.3) is 0 Å². The highest BCUT2D eigenvalue weighted by atomic mass is 31.1. The number of hydrogen-bond donors (Lipinski definition) is 1. The molecule has 1 atom stereocenters. The highest BCUT2D eigenvalue weighted by molar-refractivity contribution is 7.55. The molecule has 0 saturated heterocycles. The molecule has 86 valence electrons. The van der Waals surface area contributed by atoms with Crippen molar-refractivity contribution in [3.63, 3.8) is 0 Å². The second-order valence-corrected chi connectivity index (χ2v) is 5.19. The smallest absolute Gasteiger partial charge is 0.335 e. The Morgan fingerprint density at radius 3 is 2.47 bits per heavy atom. The standard InChI is InChI=1S/C14H13O2P/c1-10-7-8-11(14(15)16)9-13(10)17-12-5-3-2-4-6-12/h2-9,17H,1H3,(H,15,16). The van der Waals surface area contributed by atoms with E-state index in [0.29, 0.717) is 14.1 Å². The second-order valence-electron chi connectivity index (χ2n) is 3.83. The SMILES string of the molecule is Cc1ccc(C(=O)O)cc1Pc1ccccc1. The quantitative estimate of drug-likeness (QED) is 0.841. The Labute approximate surface area is 102 Å². The van der Waals surface area contributed by atoms with Gasteiger partial charge in [-0.2, -0.15) is 0 Å². The van der Waals surface area contributed by atoms with Gasteiger partial charge in [-0.1, -0.05) is 45.0 Å². The van der Waals surface area contributed by atoms with Crippen LogP contribution in [0.1, 0.15) is 15.9 Å². The summed E-state index contributed by atoms with van der Waals surface area (Å²) >= 11 is 0. The minimum atomic E-state index is -0.871. The number of carbonyl (C=O) groups is 1. The first-order chi connectivity index (χ1) is 8.16. The first-order valence-corrected chi connectivity index (χ1v) is 6.33. The zero-order valence-electron chi connectivity index (χ0n) is 9.47. The molecule has 0 aliphatic rings. The Balaban J connectivity index is 2.32. The molecule has 1 unspecified atom stereocenters. The van der Waals surface area contributed by atoms with Gasteiger partial charge in [-0.25, -0.2) is 4.79 Å². The lowest BCUT2D eigenvalue weighted by atomic mass is 10.1. The van der Waals surface area contributed by atoms with Crippen LogP contribution in [-0.4, -0.2) is 11.1 Å². The molecule has 0 saturated carbocycles. The van der Waals surface area contributed by atoms with Crippen molar-refractivity contribution in [2.75, 3.05) is 0 Å². The summed E-state index contributed by atoms with van der Waals surface area (Å²) in [4.78, 5) is 10.9. The van der Waals surface area contributed by atoms with Crippen molar-refractivity contribution in [2.45, 2.75) is 6.92 Å². The van der Waals surface area contributed by atoms with E-state index in [2.05, 4.69) is 12.1 Å². The predicted octanol–water partition coefficient (Wildman–Crippen LogP) is 2.32. The number of benzene rings is 2. The van der Waals surface area contributed by atoms with E-state index < -0.39 is 5.97 Å². The molecular formula is C14H13O2P. The molecule has 0 heterocycles. The number of aromatic carboxylic acids is 1. The van der Waals surface area contributed by atoms with E-state index >= 15 is 0 Å². The normalized spacial score (nSPS) is 10.9. The molecule has 2 aromatic carbocycles. The Morgan fingerprint density at radius 1 is 1.12 bits per heavy atom. The maximum absolute atomic E-state index is 10.9. The van der Waals surface area contributed by atoms with E-state index in [-0.39, 0.29) is 0 Å². The average molecular weight is 244 g/mol. The summed E-state index contributed by atoms with van der Waals surface area (Å²) in [6.07, 6.45) is 0. The summed E-state index contributed by atoms with van der Waals surface area (Å²) in [6, 6.07) is 15.4. The van der Waals surface area contributed by atoms with Crippen LogP contribution in [0.3, 0.4) is 0 Å². The van der Waals surface area contributed by atoms with Gasteiger partial charge >= 0.3 is 5.97 Å². The van der Waals surface area contributed by atoms with Crippen LogP contribution in [0.4, 0.5) is 0 Å². The van der Waals surface area contributed by atoms with E-state index in [4.69, 9.17) is 5.11 Å². The van der Waals surface area contributed by atoms with E-state index in [0.717, 1.165) is 10.9 Å². The molecule has 2 rings (SSSR count). The fraction of sp³-hybridized carbons (Fsp3) is 0.0714. The molecule has 0 aliphatic heterocycles. The third-order valence-corrected chi connectivity index (χ3v) is 3.97. The van der Waals surface area contributed by atoms with Gasteiger partial charge in [0.2, 0.25) is 0 Å². The van der Waals surface area contributed by atoms with Crippen LogP contribution in [0.5, 0.6) is 0 Å². The van der Waals surface area contributed by atoms with Crippen LogP contribution < -0.4 is 10.6 Å². The lowest BCUT2D eigenvalue weighted by molar-refractivity contribution is 0.0697. The first-order valence-electron chi connectivity index (χ1n) is 5.33. The third kappa shape index (κ3) is 2.92. The van der Waals surface area contributed by atoms with Crippen molar-refractivity contribution in [3.05, 3.63) is 59.7 Å². The molecule has 0 bridgehead atoms. The monoisotopic (exact) mass is 244 g/mol. The lowest BCUT2D eigenvalue weighted by Gasteiger charge is -2.07. The van der Waals surface area contributed by atoms with Crippen molar-refractivity contribution in [1.82, 2.24) is 0 Å². The minimum Gasteiger partial charge on any atom is -0.478 e. The van der Waals surface area contributed by atoms with Gasteiger partial charge in [0, 0.05) is 0 Å².